The number of alkyl halides is 1. The van der Waals surface area contributed by atoms with Gasteiger partial charge in [-0.05, 0) is 25.1 Å². The number of rotatable bonds is 3. The van der Waals surface area contributed by atoms with Crippen LogP contribution in [0.15, 0.2) is 28.8 Å². The maximum atomic E-state index is 13.4. The Kier molecular flexibility index (Phi) is 2.98. The molecule has 0 radical (unpaired) electrons. The zero-order chi connectivity index (χ0) is 13.4. The molecule has 0 aliphatic carbocycles. The fraction of sp³-hybridized carbons (Fsp3) is 0.231. The normalized spacial score (nSPS) is 11.3. The van der Waals surface area contributed by atoms with Crippen molar-refractivity contribution in [1.29, 1.82) is 0 Å². The fourth-order valence-corrected chi connectivity index (χ4v) is 2.27. The Morgan fingerprint density at radius 3 is 2.89 bits per heavy atom. The number of hydrogen-bond donors (Lipinski definition) is 0. The van der Waals surface area contributed by atoms with Gasteiger partial charge in [-0.2, -0.15) is 0 Å². The lowest BCUT2D eigenvalue weighted by molar-refractivity contribution is 0.373. The van der Waals surface area contributed by atoms with Crippen molar-refractivity contribution in [2.24, 2.45) is 0 Å². The largest absolute Gasteiger partial charge is 0.359 e. The van der Waals surface area contributed by atoms with Crippen LogP contribution >= 0.6 is 11.6 Å². The minimum Gasteiger partial charge on any atom is -0.359 e. The second kappa shape index (κ2) is 4.66. The maximum absolute atomic E-state index is 13.4. The summed E-state index contributed by atoms with van der Waals surface area (Å²) >= 11 is 5.89. The zero-order valence-electron chi connectivity index (χ0n) is 10.2. The van der Waals surface area contributed by atoms with Gasteiger partial charge in [0.1, 0.15) is 11.6 Å². The summed E-state index contributed by atoms with van der Waals surface area (Å²) in [5.74, 6) is 1.32. The Balaban J connectivity index is 2.12. The molecule has 0 N–H and O–H groups in total. The third-order valence-corrected chi connectivity index (χ3v) is 3.14. The molecule has 3 rings (SSSR count). The molecule has 0 fully saturated rings. The van der Waals surface area contributed by atoms with Gasteiger partial charge in [0.05, 0.1) is 29.2 Å². The van der Waals surface area contributed by atoms with Crippen molar-refractivity contribution in [3.63, 3.8) is 0 Å². The van der Waals surface area contributed by atoms with E-state index in [1.807, 2.05) is 17.6 Å². The topological polar surface area (TPSA) is 43.9 Å². The van der Waals surface area contributed by atoms with E-state index in [1.54, 1.807) is 6.07 Å². The number of aromatic nitrogens is 3. The monoisotopic (exact) mass is 279 g/mol. The van der Waals surface area contributed by atoms with Crippen molar-refractivity contribution in [2.45, 2.75) is 19.3 Å². The van der Waals surface area contributed by atoms with Gasteiger partial charge in [-0.25, -0.2) is 9.37 Å². The molecule has 0 bridgehead atoms. The highest BCUT2D eigenvalue weighted by Crippen LogP contribution is 2.20. The van der Waals surface area contributed by atoms with E-state index in [0.29, 0.717) is 29.2 Å². The molecule has 3 aromatic rings. The number of aryl methyl sites for hydroxylation is 1. The zero-order valence-corrected chi connectivity index (χ0v) is 11.0. The Morgan fingerprint density at radius 1 is 1.37 bits per heavy atom. The highest BCUT2D eigenvalue weighted by atomic mass is 35.5. The van der Waals surface area contributed by atoms with Gasteiger partial charge in [0.15, 0.2) is 5.76 Å². The molecule has 2 aromatic heterocycles. The average molecular weight is 280 g/mol. The SMILES string of the molecule is Cc1cc(Cn2c(CCl)nc3ccc(F)cc32)on1. The number of halogens is 2. The van der Waals surface area contributed by atoms with Crippen LogP contribution in [0.4, 0.5) is 4.39 Å². The second-order valence-corrected chi connectivity index (χ2v) is 4.58. The predicted molar refractivity (Wildman–Crippen MR) is 69.6 cm³/mol. The van der Waals surface area contributed by atoms with Gasteiger partial charge in [0, 0.05) is 6.07 Å². The third kappa shape index (κ3) is 2.21. The molecule has 0 unspecified atom stereocenters. The summed E-state index contributed by atoms with van der Waals surface area (Å²) in [4.78, 5) is 4.38. The average Bonchev–Trinajstić information content (AvgIpc) is 2.94. The summed E-state index contributed by atoms with van der Waals surface area (Å²) in [6.45, 7) is 2.28. The van der Waals surface area contributed by atoms with Gasteiger partial charge in [-0.3, -0.25) is 0 Å². The van der Waals surface area contributed by atoms with Crippen molar-refractivity contribution in [2.75, 3.05) is 0 Å². The third-order valence-electron chi connectivity index (χ3n) is 2.90. The van der Waals surface area contributed by atoms with Crippen LogP contribution in [0, 0.1) is 12.7 Å². The molecule has 0 saturated carbocycles. The Bertz CT molecular complexity index is 735. The highest BCUT2D eigenvalue weighted by Gasteiger charge is 2.13. The van der Waals surface area contributed by atoms with Crippen LogP contribution in [0.3, 0.4) is 0 Å². The highest BCUT2D eigenvalue weighted by molar-refractivity contribution is 6.16. The summed E-state index contributed by atoms with van der Waals surface area (Å²) in [6, 6.07) is 6.31. The van der Waals surface area contributed by atoms with Crippen LogP contribution in [0.5, 0.6) is 0 Å². The minimum absolute atomic E-state index is 0.253. The second-order valence-electron chi connectivity index (χ2n) is 4.32. The van der Waals surface area contributed by atoms with E-state index in [9.17, 15) is 4.39 Å². The van der Waals surface area contributed by atoms with Crippen molar-refractivity contribution in [3.05, 3.63) is 47.4 Å². The minimum atomic E-state index is -0.302. The van der Waals surface area contributed by atoms with Crippen LogP contribution in [-0.2, 0) is 12.4 Å². The standard InChI is InChI=1S/C13H11ClFN3O/c1-8-4-10(19-17-8)7-18-12-5-9(15)2-3-11(12)16-13(18)6-14/h2-5H,6-7H2,1H3. The van der Waals surface area contributed by atoms with E-state index >= 15 is 0 Å². The molecule has 4 nitrogen and oxygen atoms in total. The van der Waals surface area contributed by atoms with Crippen LogP contribution in [0.2, 0.25) is 0 Å². The summed E-state index contributed by atoms with van der Waals surface area (Å²) in [6.07, 6.45) is 0. The summed E-state index contributed by atoms with van der Waals surface area (Å²) in [7, 11) is 0. The number of hydrogen-bond acceptors (Lipinski definition) is 3. The molecule has 1 aromatic carbocycles. The van der Waals surface area contributed by atoms with Gasteiger partial charge < -0.3 is 9.09 Å². The number of imidazole rings is 1. The number of nitrogens with zero attached hydrogens (tertiary/aromatic N) is 3. The van der Waals surface area contributed by atoms with E-state index in [2.05, 4.69) is 10.1 Å². The van der Waals surface area contributed by atoms with Crippen molar-refractivity contribution in [3.8, 4) is 0 Å². The molecule has 0 saturated heterocycles. The maximum Gasteiger partial charge on any atom is 0.156 e. The first-order valence-electron chi connectivity index (χ1n) is 5.80. The number of benzene rings is 1. The van der Waals surface area contributed by atoms with Crippen LogP contribution in [-0.4, -0.2) is 14.7 Å². The summed E-state index contributed by atoms with van der Waals surface area (Å²) in [5, 5.41) is 3.83. The molecular weight excluding hydrogens is 269 g/mol. The molecule has 0 aliphatic heterocycles. The summed E-state index contributed by atoms with van der Waals surface area (Å²) in [5.41, 5.74) is 2.22. The number of fused-ring (bicyclic) bond motifs is 1. The first-order chi connectivity index (χ1) is 9.17. The summed E-state index contributed by atoms with van der Waals surface area (Å²) < 4.78 is 20.4. The molecule has 19 heavy (non-hydrogen) atoms. The van der Waals surface area contributed by atoms with Gasteiger partial charge in [-0.1, -0.05) is 5.16 Å². The van der Waals surface area contributed by atoms with Crippen LogP contribution in [0.1, 0.15) is 17.3 Å². The van der Waals surface area contributed by atoms with Gasteiger partial charge in [-0.15, -0.1) is 11.6 Å². The van der Waals surface area contributed by atoms with Crippen LogP contribution in [0.25, 0.3) is 11.0 Å². The van der Waals surface area contributed by atoms with Crippen molar-refractivity contribution >= 4 is 22.6 Å². The molecule has 2 heterocycles. The smallest absolute Gasteiger partial charge is 0.156 e. The van der Waals surface area contributed by atoms with Crippen molar-refractivity contribution < 1.29 is 8.91 Å². The molecule has 6 heteroatoms. The lowest BCUT2D eigenvalue weighted by atomic mass is 10.3. The van der Waals surface area contributed by atoms with E-state index in [0.717, 1.165) is 5.69 Å². The quantitative estimate of drug-likeness (QED) is 0.691. The molecular formula is C13H11ClFN3O. The molecule has 98 valence electrons. The molecule has 0 spiro atoms. The molecule has 0 aliphatic rings. The lowest BCUT2D eigenvalue weighted by Gasteiger charge is -2.04. The van der Waals surface area contributed by atoms with E-state index in [1.165, 1.54) is 12.1 Å². The van der Waals surface area contributed by atoms with E-state index < -0.39 is 0 Å². The van der Waals surface area contributed by atoms with E-state index in [-0.39, 0.29) is 11.7 Å². The Morgan fingerprint density at radius 2 is 2.21 bits per heavy atom. The predicted octanol–water partition coefficient (Wildman–Crippen LogP) is 3.26. The van der Waals surface area contributed by atoms with E-state index in [4.69, 9.17) is 16.1 Å². The van der Waals surface area contributed by atoms with Crippen LogP contribution < -0.4 is 0 Å². The first-order valence-corrected chi connectivity index (χ1v) is 6.33. The van der Waals surface area contributed by atoms with Gasteiger partial charge in [0.2, 0.25) is 0 Å². The molecule has 0 amide bonds. The first kappa shape index (κ1) is 12.2. The fourth-order valence-electron chi connectivity index (χ4n) is 2.07. The van der Waals surface area contributed by atoms with Crippen molar-refractivity contribution in [1.82, 2.24) is 14.7 Å². The Hall–Kier alpha value is -1.88. The van der Waals surface area contributed by atoms with Gasteiger partial charge >= 0.3 is 0 Å². The lowest BCUT2D eigenvalue weighted by Crippen LogP contribution is -2.03. The Labute approximate surface area is 113 Å². The molecule has 0 atom stereocenters. The van der Waals surface area contributed by atoms with Gasteiger partial charge in [0.25, 0.3) is 0 Å².